The average molecular weight is 287 g/mol. The van der Waals surface area contributed by atoms with Crippen LogP contribution < -0.4 is 11.3 Å². The lowest BCUT2D eigenvalue weighted by Gasteiger charge is -2.26. The summed E-state index contributed by atoms with van der Waals surface area (Å²) in [4.78, 5) is 22.6. The first-order valence-electron chi connectivity index (χ1n) is 7.15. The van der Waals surface area contributed by atoms with Gasteiger partial charge in [0.25, 0.3) is 5.56 Å². The summed E-state index contributed by atoms with van der Waals surface area (Å²) in [6, 6.07) is 0.0523. The third-order valence-electron chi connectivity index (χ3n) is 4.73. The molecule has 2 aliphatic carbocycles. The molecule has 4 N–H and O–H groups in total. The first-order chi connectivity index (χ1) is 10.1. The molecule has 0 bridgehead atoms. The van der Waals surface area contributed by atoms with Crippen molar-refractivity contribution in [2.24, 2.45) is 11.3 Å². The Bertz CT molecular complexity index is 788. The number of hydrogen-bond donors (Lipinski definition) is 3. The van der Waals surface area contributed by atoms with Crippen molar-refractivity contribution in [3.8, 4) is 0 Å². The normalized spacial score (nSPS) is 28.5. The molecule has 4 rings (SSSR count). The minimum absolute atomic E-state index is 0.0523. The van der Waals surface area contributed by atoms with E-state index in [-0.39, 0.29) is 29.6 Å². The number of nitrogen functional groups attached to an aromatic ring is 1. The number of nitrogens with two attached hydrogens (primary N) is 1. The Morgan fingerprint density at radius 1 is 1.52 bits per heavy atom. The SMILES string of the molecule is Nc1nc2c(ncn2[C@H]2C=C[C@](CO)(C3CC3)C2)c(=O)[nH]1. The molecular formula is C14H17N5O2. The molecule has 2 aromatic heterocycles. The van der Waals surface area contributed by atoms with Crippen LogP contribution >= 0.6 is 0 Å². The third-order valence-corrected chi connectivity index (χ3v) is 4.73. The van der Waals surface area contributed by atoms with Gasteiger partial charge in [0, 0.05) is 5.41 Å². The van der Waals surface area contributed by atoms with E-state index in [1.165, 1.54) is 12.8 Å². The summed E-state index contributed by atoms with van der Waals surface area (Å²) in [5.41, 5.74) is 5.96. The van der Waals surface area contributed by atoms with E-state index < -0.39 is 0 Å². The second kappa shape index (κ2) is 4.17. The summed E-state index contributed by atoms with van der Waals surface area (Å²) in [6.07, 6.45) is 8.99. The van der Waals surface area contributed by atoms with E-state index in [9.17, 15) is 9.90 Å². The highest BCUT2D eigenvalue weighted by Crippen LogP contribution is 2.53. The Morgan fingerprint density at radius 2 is 2.33 bits per heavy atom. The van der Waals surface area contributed by atoms with Crippen LogP contribution in [0.3, 0.4) is 0 Å². The highest BCUT2D eigenvalue weighted by atomic mass is 16.3. The summed E-state index contributed by atoms with van der Waals surface area (Å²) < 4.78 is 1.87. The minimum atomic E-state index is -0.325. The smallest absolute Gasteiger partial charge is 0.280 e. The molecular weight excluding hydrogens is 270 g/mol. The Hall–Kier alpha value is -2.15. The van der Waals surface area contributed by atoms with Gasteiger partial charge in [0.1, 0.15) is 0 Å². The Morgan fingerprint density at radius 3 is 3.05 bits per heavy atom. The molecule has 0 unspecified atom stereocenters. The topological polar surface area (TPSA) is 110 Å². The summed E-state index contributed by atoms with van der Waals surface area (Å²) in [5, 5.41) is 9.78. The Balaban J connectivity index is 1.75. The van der Waals surface area contributed by atoms with Crippen LogP contribution in [0.4, 0.5) is 5.95 Å². The summed E-state index contributed by atoms with van der Waals surface area (Å²) >= 11 is 0. The third kappa shape index (κ3) is 1.80. The number of aromatic amines is 1. The van der Waals surface area contributed by atoms with E-state index in [0.717, 1.165) is 6.42 Å². The molecule has 1 saturated carbocycles. The summed E-state index contributed by atoms with van der Waals surface area (Å²) in [5.74, 6) is 0.659. The van der Waals surface area contributed by atoms with Gasteiger partial charge < -0.3 is 15.4 Å². The van der Waals surface area contributed by atoms with E-state index >= 15 is 0 Å². The van der Waals surface area contributed by atoms with Gasteiger partial charge >= 0.3 is 0 Å². The molecule has 0 aliphatic heterocycles. The van der Waals surface area contributed by atoms with Gasteiger partial charge in [-0.05, 0) is 25.2 Å². The number of fused-ring (bicyclic) bond motifs is 1. The molecule has 110 valence electrons. The largest absolute Gasteiger partial charge is 0.395 e. The molecule has 1 fully saturated rings. The predicted molar refractivity (Wildman–Crippen MR) is 77.6 cm³/mol. The predicted octanol–water partition coefficient (Wildman–Crippen LogP) is 0.591. The maximum atomic E-state index is 11.8. The zero-order valence-corrected chi connectivity index (χ0v) is 11.5. The van der Waals surface area contributed by atoms with Gasteiger partial charge in [-0.1, -0.05) is 12.2 Å². The van der Waals surface area contributed by atoms with Gasteiger partial charge in [0.2, 0.25) is 5.95 Å². The summed E-state index contributed by atoms with van der Waals surface area (Å²) in [6.45, 7) is 0.160. The number of aromatic nitrogens is 4. The number of anilines is 1. The van der Waals surface area contributed by atoms with Crippen LogP contribution in [0.2, 0.25) is 0 Å². The minimum Gasteiger partial charge on any atom is -0.395 e. The molecule has 7 heteroatoms. The molecule has 0 aromatic carbocycles. The maximum absolute atomic E-state index is 11.8. The van der Waals surface area contributed by atoms with Gasteiger partial charge in [-0.15, -0.1) is 0 Å². The number of imidazole rings is 1. The Kier molecular flexibility index (Phi) is 2.50. The number of nitrogens with one attached hydrogen (secondary N) is 1. The van der Waals surface area contributed by atoms with Crippen molar-refractivity contribution < 1.29 is 5.11 Å². The molecule has 21 heavy (non-hydrogen) atoms. The fraction of sp³-hybridized carbons (Fsp3) is 0.500. The number of aliphatic hydroxyl groups excluding tert-OH is 1. The average Bonchev–Trinajstić information content (AvgIpc) is 3.09. The van der Waals surface area contributed by atoms with Crippen LogP contribution in [-0.2, 0) is 0 Å². The molecule has 0 spiro atoms. The lowest BCUT2D eigenvalue weighted by Crippen LogP contribution is -2.25. The summed E-state index contributed by atoms with van der Waals surface area (Å²) in [7, 11) is 0. The van der Waals surface area contributed by atoms with Crippen molar-refractivity contribution in [3.05, 3.63) is 28.8 Å². The van der Waals surface area contributed by atoms with Gasteiger partial charge in [0.05, 0.1) is 19.0 Å². The molecule has 2 aliphatic rings. The van der Waals surface area contributed by atoms with E-state index in [0.29, 0.717) is 17.1 Å². The van der Waals surface area contributed by atoms with E-state index in [1.54, 1.807) is 6.33 Å². The number of allylic oxidation sites excluding steroid dienone is 1. The zero-order valence-electron chi connectivity index (χ0n) is 11.5. The number of aliphatic hydroxyl groups is 1. The zero-order chi connectivity index (χ0) is 14.6. The van der Waals surface area contributed by atoms with Crippen LogP contribution in [0, 0.1) is 11.3 Å². The molecule has 0 radical (unpaired) electrons. The van der Waals surface area contributed by atoms with Crippen molar-refractivity contribution in [1.82, 2.24) is 19.5 Å². The number of nitrogens with zero attached hydrogens (tertiary/aromatic N) is 3. The number of rotatable bonds is 3. The van der Waals surface area contributed by atoms with Gasteiger partial charge in [-0.3, -0.25) is 9.78 Å². The molecule has 0 saturated heterocycles. The fourth-order valence-electron chi connectivity index (χ4n) is 3.41. The number of hydrogen-bond acceptors (Lipinski definition) is 5. The van der Waals surface area contributed by atoms with Gasteiger partial charge in [-0.25, -0.2) is 4.98 Å². The highest BCUT2D eigenvalue weighted by molar-refractivity contribution is 5.70. The lowest BCUT2D eigenvalue weighted by atomic mass is 9.82. The van der Waals surface area contributed by atoms with Crippen LogP contribution in [0.25, 0.3) is 11.2 Å². The maximum Gasteiger partial charge on any atom is 0.280 e. The van der Waals surface area contributed by atoms with Crippen molar-refractivity contribution in [2.45, 2.75) is 25.3 Å². The monoisotopic (exact) mass is 287 g/mol. The molecule has 2 heterocycles. The van der Waals surface area contributed by atoms with Gasteiger partial charge in [-0.2, -0.15) is 4.98 Å². The molecule has 0 amide bonds. The van der Waals surface area contributed by atoms with E-state index in [2.05, 4.69) is 27.1 Å². The molecule has 7 nitrogen and oxygen atoms in total. The fourth-order valence-corrected chi connectivity index (χ4v) is 3.41. The first-order valence-corrected chi connectivity index (χ1v) is 7.15. The van der Waals surface area contributed by atoms with Gasteiger partial charge in [0.15, 0.2) is 11.2 Å². The first kappa shape index (κ1) is 12.6. The number of H-pyrrole nitrogens is 1. The van der Waals surface area contributed by atoms with Crippen molar-refractivity contribution in [2.75, 3.05) is 12.3 Å². The highest BCUT2D eigenvalue weighted by Gasteiger charge is 2.47. The van der Waals surface area contributed by atoms with Crippen molar-refractivity contribution in [1.29, 1.82) is 0 Å². The van der Waals surface area contributed by atoms with Crippen LogP contribution in [-0.4, -0.2) is 31.2 Å². The van der Waals surface area contributed by atoms with Crippen LogP contribution in [0.5, 0.6) is 0 Å². The Labute approximate surface area is 120 Å². The van der Waals surface area contributed by atoms with E-state index in [4.69, 9.17) is 5.73 Å². The van der Waals surface area contributed by atoms with Crippen molar-refractivity contribution >= 4 is 17.1 Å². The second-order valence-corrected chi connectivity index (χ2v) is 6.07. The molecule has 2 atom stereocenters. The van der Waals surface area contributed by atoms with Crippen molar-refractivity contribution in [3.63, 3.8) is 0 Å². The standard InChI is InChI=1S/C14H17N5O2/c15-13-17-11-10(12(21)18-13)16-7-19(11)9-3-4-14(5-9,6-20)8-1-2-8/h3-4,7-9,20H,1-2,5-6H2,(H3,15,17,18,21)/t9-,14-/m0/s1. The molecule has 2 aromatic rings. The lowest BCUT2D eigenvalue weighted by molar-refractivity contribution is 0.137. The second-order valence-electron chi connectivity index (χ2n) is 6.07. The van der Waals surface area contributed by atoms with Crippen LogP contribution in [0.1, 0.15) is 25.3 Å². The quantitative estimate of drug-likeness (QED) is 0.716. The van der Waals surface area contributed by atoms with E-state index in [1.807, 2.05) is 4.57 Å². The van der Waals surface area contributed by atoms with Crippen LogP contribution in [0.15, 0.2) is 23.3 Å².